The molecule has 0 radical (unpaired) electrons. The van der Waals surface area contributed by atoms with E-state index in [9.17, 15) is 4.79 Å². The highest BCUT2D eigenvalue weighted by atomic mass is 16.5. The summed E-state index contributed by atoms with van der Waals surface area (Å²) >= 11 is 0. The molecule has 2 nitrogen and oxygen atoms in total. The number of hydrogen-bond donors (Lipinski definition) is 0. The maximum Gasteiger partial charge on any atom is 0.319 e. The molecule has 2 unspecified atom stereocenters. The van der Waals surface area contributed by atoms with Gasteiger partial charge in [0.15, 0.2) is 0 Å². The van der Waals surface area contributed by atoms with Gasteiger partial charge in [-0.1, -0.05) is 72.8 Å². The smallest absolute Gasteiger partial charge is 0.319 e. The van der Waals surface area contributed by atoms with Gasteiger partial charge in [-0.2, -0.15) is 0 Å². The molecule has 0 aromatic heterocycles. The largest absolute Gasteiger partial charge is 0.425 e. The van der Waals surface area contributed by atoms with Gasteiger partial charge in [-0.15, -0.1) is 0 Å². The summed E-state index contributed by atoms with van der Waals surface area (Å²) in [5.74, 6) is 0.681. The topological polar surface area (TPSA) is 26.3 Å². The van der Waals surface area contributed by atoms with Crippen molar-refractivity contribution in [3.8, 4) is 0 Å². The van der Waals surface area contributed by atoms with Crippen LogP contribution in [0.2, 0.25) is 0 Å². The van der Waals surface area contributed by atoms with Gasteiger partial charge >= 0.3 is 5.97 Å². The van der Waals surface area contributed by atoms with Gasteiger partial charge in [0, 0.05) is 11.5 Å². The summed E-state index contributed by atoms with van der Waals surface area (Å²) in [7, 11) is 0. The second kappa shape index (κ2) is 7.10. The van der Waals surface area contributed by atoms with Crippen molar-refractivity contribution in [2.24, 2.45) is 5.92 Å². The number of fused-ring (bicyclic) bond motifs is 1. The number of ether oxygens (including phenoxy) is 1. The van der Waals surface area contributed by atoms with Gasteiger partial charge < -0.3 is 4.74 Å². The van der Waals surface area contributed by atoms with E-state index in [4.69, 9.17) is 4.74 Å². The lowest BCUT2D eigenvalue weighted by Gasteiger charge is -2.35. The lowest BCUT2D eigenvalue weighted by Crippen LogP contribution is -2.31. The fourth-order valence-electron chi connectivity index (χ4n) is 4.02. The zero-order valence-electron chi connectivity index (χ0n) is 14.2. The number of esters is 1. The molecular weight excluding hydrogens is 308 g/mol. The zero-order valence-corrected chi connectivity index (χ0v) is 14.2. The van der Waals surface area contributed by atoms with Crippen LogP contribution in [-0.2, 0) is 9.53 Å². The Balaban J connectivity index is 1.83. The van der Waals surface area contributed by atoms with Gasteiger partial charge in [0.05, 0.1) is 5.92 Å². The van der Waals surface area contributed by atoms with Gasteiger partial charge in [0.25, 0.3) is 0 Å². The molecule has 0 saturated heterocycles. The Kier molecular flexibility index (Phi) is 4.51. The standard InChI is InChI=1S/C23H22O2/c24-23-21(17-11-5-3-6-12-17)19-15-9-1-2-10-16-20(19)22(25-23)18-13-7-4-8-14-18/h1-8,11-14,19,21H,9-10,15-16H2. The quantitative estimate of drug-likeness (QED) is 0.538. The molecule has 2 atom stereocenters. The summed E-state index contributed by atoms with van der Waals surface area (Å²) in [5, 5.41) is 0. The van der Waals surface area contributed by atoms with E-state index < -0.39 is 0 Å². The SMILES string of the molecule is O=C1OC(c2ccccc2)=C2CCC=CCCC2C1c1ccccc1. The fraction of sp³-hybridized carbons (Fsp3) is 0.261. The van der Waals surface area contributed by atoms with Gasteiger partial charge in [0.1, 0.15) is 5.76 Å². The summed E-state index contributed by atoms with van der Waals surface area (Å²) in [6.07, 6.45) is 8.44. The van der Waals surface area contributed by atoms with Crippen molar-refractivity contribution in [3.63, 3.8) is 0 Å². The predicted octanol–water partition coefficient (Wildman–Crippen LogP) is 5.48. The molecule has 4 rings (SSSR count). The van der Waals surface area contributed by atoms with E-state index in [0.717, 1.165) is 42.6 Å². The van der Waals surface area contributed by atoms with E-state index in [1.54, 1.807) is 0 Å². The molecule has 2 heteroatoms. The predicted molar refractivity (Wildman–Crippen MR) is 99.7 cm³/mol. The highest BCUT2D eigenvalue weighted by molar-refractivity contribution is 5.88. The van der Waals surface area contributed by atoms with Crippen LogP contribution in [0.25, 0.3) is 5.76 Å². The Labute approximate surface area is 148 Å². The van der Waals surface area contributed by atoms with Crippen molar-refractivity contribution in [1.82, 2.24) is 0 Å². The van der Waals surface area contributed by atoms with E-state index >= 15 is 0 Å². The normalized spacial score (nSPS) is 23.4. The lowest BCUT2D eigenvalue weighted by atomic mass is 9.74. The molecular formula is C23H22O2. The van der Waals surface area contributed by atoms with Crippen LogP contribution in [0, 0.1) is 5.92 Å². The first-order valence-electron chi connectivity index (χ1n) is 9.04. The number of benzene rings is 2. The molecule has 0 fully saturated rings. The second-order valence-corrected chi connectivity index (χ2v) is 6.72. The van der Waals surface area contributed by atoms with E-state index in [-0.39, 0.29) is 17.8 Å². The molecule has 2 aliphatic rings. The first kappa shape index (κ1) is 15.9. The van der Waals surface area contributed by atoms with E-state index in [1.807, 2.05) is 60.7 Å². The highest BCUT2D eigenvalue weighted by Gasteiger charge is 2.40. The minimum atomic E-state index is -0.199. The third kappa shape index (κ3) is 3.17. The third-order valence-corrected chi connectivity index (χ3v) is 5.18. The maximum absolute atomic E-state index is 13.0. The van der Waals surface area contributed by atoms with Gasteiger partial charge in [-0.05, 0) is 36.8 Å². The van der Waals surface area contributed by atoms with Crippen LogP contribution in [0.5, 0.6) is 0 Å². The van der Waals surface area contributed by atoms with Crippen molar-refractivity contribution >= 4 is 11.7 Å². The Bertz CT molecular complexity index is 803. The Morgan fingerprint density at radius 1 is 0.840 bits per heavy atom. The molecule has 2 aromatic rings. The Hall–Kier alpha value is -2.61. The number of cyclic esters (lactones) is 1. The van der Waals surface area contributed by atoms with E-state index in [1.165, 1.54) is 5.57 Å². The molecule has 0 amide bonds. The van der Waals surface area contributed by atoms with Crippen LogP contribution in [0.1, 0.15) is 42.7 Å². The van der Waals surface area contributed by atoms with Crippen molar-refractivity contribution in [2.45, 2.75) is 31.6 Å². The summed E-state index contributed by atoms with van der Waals surface area (Å²) in [4.78, 5) is 13.0. The molecule has 1 aliphatic carbocycles. The fourth-order valence-corrected chi connectivity index (χ4v) is 4.02. The van der Waals surface area contributed by atoms with Crippen molar-refractivity contribution in [3.05, 3.63) is 89.5 Å². The minimum Gasteiger partial charge on any atom is -0.425 e. The zero-order chi connectivity index (χ0) is 17.1. The van der Waals surface area contributed by atoms with Crippen molar-refractivity contribution in [2.75, 3.05) is 0 Å². The molecule has 0 saturated carbocycles. The molecule has 126 valence electrons. The van der Waals surface area contributed by atoms with E-state index in [0.29, 0.717) is 0 Å². The summed E-state index contributed by atoms with van der Waals surface area (Å²) < 4.78 is 5.92. The van der Waals surface area contributed by atoms with Crippen LogP contribution in [0.3, 0.4) is 0 Å². The van der Waals surface area contributed by atoms with Crippen LogP contribution < -0.4 is 0 Å². The summed E-state index contributed by atoms with van der Waals surface area (Å²) in [6.45, 7) is 0. The minimum absolute atomic E-state index is 0.122. The van der Waals surface area contributed by atoms with Gasteiger partial charge in [-0.3, -0.25) is 4.79 Å². The Morgan fingerprint density at radius 2 is 1.52 bits per heavy atom. The van der Waals surface area contributed by atoms with Crippen LogP contribution >= 0.6 is 0 Å². The molecule has 1 aliphatic heterocycles. The van der Waals surface area contributed by atoms with Gasteiger partial charge in [-0.25, -0.2) is 0 Å². The number of rotatable bonds is 2. The third-order valence-electron chi connectivity index (χ3n) is 5.18. The van der Waals surface area contributed by atoms with Crippen LogP contribution in [0.4, 0.5) is 0 Å². The van der Waals surface area contributed by atoms with Crippen molar-refractivity contribution in [1.29, 1.82) is 0 Å². The van der Waals surface area contributed by atoms with Crippen molar-refractivity contribution < 1.29 is 9.53 Å². The van der Waals surface area contributed by atoms with E-state index in [2.05, 4.69) is 12.2 Å². The highest BCUT2D eigenvalue weighted by Crippen LogP contribution is 2.45. The van der Waals surface area contributed by atoms with Gasteiger partial charge in [0.2, 0.25) is 0 Å². The number of hydrogen-bond acceptors (Lipinski definition) is 2. The molecule has 2 aromatic carbocycles. The first-order valence-corrected chi connectivity index (χ1v) is 9.04. The van der Waals surface area contributed by atoms with Crippen LogP contribution in [0.15, 0.2) is 78.4 Å². The number of carbonyl (C=O) groups excluding carboxylic acids is 1. The maximum atomic E-state index is 13.0. The number of carbonyl (C=O) groups is 1. The number of allylic oxidation sites excluding steroid dienone is 3. The summed E-state index contributed by atoms with van der Waals surface area (Å²) in [6, 6.07) is 20.1. The Morgan fingerprint density at radius 3 is 2.28 bits per heavy atom. The first-order chi connectivity index (χ1) is 12.3. The monoisotopic (exact) mass is 330 g/mol. The molecule has 25 heavy (non-hydrogen) atoms. The average molecular weight is 330 g/mol. The molecule has 1 heterocycles. The van der Waals surface area contributed by atoms with Crippen LogP contribution in [-0.4, -0.2) is 5.97 Å². The molecule has 0 spiro atoms. The second-order valence-electron chi connectivity index (χ2n) is 6.72. The molecule has 0 N–H and O–H groups in total. The molecule has 0 bridgehead atoms. The average Bonchev–Trinajstić information content (AvgIpc) is 2.64. The summed E-state index contributed by atoms with van der Waals surface area (Å²) in [5.41, 5.74) is 3.36. The lowest BCUT2D eigenvalue weighted by molar-refractivity contribution is -0.140.